The molecule has 0 bridgehead atoms. The number of ether oxygens (including phenoxy) is 1. The smallest absolute Gasteiger partial charge is 0.170 e. The van der Waals surface area contributed by atoms with E-state index in [1.54, 1.807) is 37.0 Å². The highest BCUT2D eigenvalue weighted by molar-refractivity contribution is 5.30. The van der Waals surface area contributed by atoms with E-state index in [0.717, 1.165) is 5.56 Å². The van der Waals surface area contributed by atoms with E-state index in [0.29, 0.717) is 5.82 Å². The molecule has 0 aliphatic heterocycles. The van der Waals surface area contributed by atoms with E-state index in [4.69, 9.17) is 10.5 Å². The summed E-state index contributed by atoms with van der Waals surface area (Å²) in [5, 5.41) is 7.57. The minimum atomic E-state index is -0.424. The Morgan fingerprint density at radius 3 is 2.83 bits per heavy atom. The van der Waals surface area contributed by atoms with E-state index in [-0.39, 0.29) is 18.4 Å². The van der Waals surface area contributed by atoms with Crippen LogP contribution in [0.3, 0.4) is 0 Å². The Bertz CT molecular complexity index is 539. The molecule has 1 aromatic heterocycles. The Kier molecular flexibility index (Phi) is 3.57. The molecule has 0 amide bonds. The minimum absolute atomic E-state index is 0.172. The average Bonchev–Trinajstić information content (AvgIpc) is 2.73. The molecule has 96 valence electrons. The van der Waals surface area contributed by atoms with Crippen molar-refractivity contribution in [1.82, 2.24) is 14.8 Å². The summed E-state index contributed by atoms with van der Waals surface area (Å²) in [4.78, 5) is 0. The summed E-state index contributed by atoms with van der Waals surface area (Å²) in [6.45, 7) is 1.97. The Labute approximate surface area is 104 Å². The molecule has 0 spiro atoms. The second kappa shape index (κ2) is 5.14. The van der Waals surface area contributed by atoms with Crippen LogP contribution < -0.4 is 10.5 Å². The molecule has 0 saturated carbocycles. The van der Waals surface area contributed by atoms with Crippen molar-refractivity contribution in [3.8, 4) is 5.75 Å². The number of rotatable bonds is 4. The molecule has 2 N–H and O–H groups in total. The van der Waals surface area contributed by atoms with Crippen LogP contribution in [0, 0.1) is 5.82 Å². The summed E-state index contributed by atoms with van der Waals surface area (Å²) in [5.41, 5.74) is 6.41. The van der Waals surface area contributed by atoms with Gasteiger partial charge in [0.1, 0.15) is 12.9 Å². The molecule has 5 nitrogen and oxygen atoms in total. The maximum absolute atomic E-state index is 13.7. The topological polar surface area (TPSA) is 66.0 Å². The predicted molar refractivity (Wildman–Crippen MR) is 64.3 cm³/mol. The third-order valence-electron chi connectivity index (χ3n) is 2.64. The lowest BCUT2D eigenvalue weighted by atomic mass is 10.1. The Morgan fingerprint density at radius 2 is 2.28 bits per heavy atom. The summed E-state index contributed by atoms with van der Waals surface area (Å²) in [5.74, 6) is 0.389. The van der Waals surface area contributed by atoms with Gasteiger partial charge < -0.3 is 15.0 Å². The molecule has 2 rings (SSSR count). The van der Waals surface area contributed by atoms with Crippen LogP contribution in [0.1, 0.15) is 24.4 Å². The summed E-state index contributed by atoms with van der Waals surface area (Å²) < 4.78 is 20.8. The molecular weight excluding hydrogens is 235 g/mol. The summed E-state index contributed by atoms with van der Waals surface area (Å²) >= 11 is 0. The van der Waals surface area contributed by atoms with E-state index >= 15 is 0 Å². The number of nitrogens with zero attached hydrogens (tertiary/aromatic N) is 3. The fourth-order valence-electron chi connectivity index (χ4n) is 1.50. The molecular formula is C12H15FN4O. The van der Waals surface area contributed by atoms with Crippen LogP contribution in [0.2, 0.25) is 0 Å². The van der Waals surface area contributed by atoms with Crippen molar-refractivity contribution in [3.63, 3.8) is 0 Å². The van der Waals surface area contributed by atoms with Gasteiger partial charge in [-0.15, -0.1) is 10.2 Å². The Morgan fingerprint density at radius 1 is 1.50 bits per heavy atom. The zero-order chi connectivity index (χ0) is 13.1. The first-order valence-corrected chi connectivity index (χ1v) is 5.58. The standard InChI is InChI=1S/C12H15FN4O/c1-8(14)9-3-4-11(10(13)5-9)18-6-12-16-15-7-17(12)2/h3-5,7-8H,6,14H2,1-2H3/t8-/m0/s1. The molecule has 2 aromatic rings. The Balaban J connectivity index is 2.08. The predicted octanol–water partition coefficient (Wildman–Crippen LogP) is 1.55. The number of nitrogens with two attached hydrogens (primary N) is 1. The van der Waals surface area contributed by atoms with Crippen LogP contribution >= 0.6 is 0 Å². The molecule has 0 aliphatic carbocycles. The van der Waals surface area contributed by atoms with Gasteiger partial charge in [0, 0.05) is 13.1 Å². The van der Waals surface area contributed by atoms with Gasteiger partial charge in [-0.1, -0.05) is 6.07 Å². The highest BCUT2D eigenvalue weighted by Gasteiger charge is 2.09. The monoisotopic (exact) mass is 250 g/mol. The first-order valence-electron chi connectivity index (χ1n) is 5.58. The Hall–Kier alpha value is -1.95. The van der Waals surface area contributed by atoms with Gasteiger partial charge in [0.25, 0.3) is 0 Å². The van der Waals surface area contributed by atoms with Crippen molar-refractivity contribution in [3.05, 3.63) is 41.7 Å². The molecule has 0 radical (unpaired) electrons. The lowest BCUT2D eigenvalue weighted by molar-refractivity contribution is 0.276. The highest BCUT2D eigenvalue weighted by atomic mass is 19.1. The number of hydrogen-bond acceptors (Lipinski definition) is 4. The van der Waals surface area contributed by atoms with Crippen molar-refractivity contribution < 1.29 is 9.13 Å². The molecule has 0 unspecified atom stereocenters. The highest BCUT2D eigenvalue weighted by Crippen LogP contribution is 2.21. The first-order chi connectivity index (χ1) is 8.58. The van der Waals surface area contributed by atoms with E-state index < -0.39 is 5.82 Å². The van der Waals surface area contributed by atoms with Crippen LogP contribution in [-0.4, -0.2) is 14.8 Å². The SMILES string of the molecule is C[C@H](N)c1ccc(OCc2nncn2C)c(F)c1. The quantitative estimate of drug-likeness (QED) is 0.894. The van der Waals surface area contributed by atoms with E-state index in [2.05, 4.69) is 10.2 Å². The van der Waals surface area contributed by atoms with Gasteiger partial charge in [-0.05, 0) is 24.6 Å². The van der Waals surface area contributed by atoms with E-state index in [1.807, 2.05) is 0 Å². The minimum Gasteiger partial charge on any atom is -0.483 e. The molecule has 0 saturated heterocycles. The zero-order valence-electron chi connectivity index (χ0n) is 10.3. The molecule has 1 heterocycles. The van der Waals surface area contributed by atoms with Crippen molar-refractivity contribution >= 4 is 0 Å². The zero-order valence-corrected chi connectivity index (χ0v) is 10.3. The maximum atomic E-state index is 13.7. The van der Waals surface area contributed by atoms with Crippen LogP contribution in [0.4, 0.5) is 4.39 Å². The lowest BCUT2D eigenvalue weighted by Gasteiger charge is -2.10. The number of benzene rings is 1. The molecule has 18 heavy (non-hydrogen) atoms. The summed E-state index contributed by atoms with van der Waals surface area (Å²) in [6, 6.07) is 4.51. The number of aromatic nitrogens is 3. The number of aryl methyl sites for hydroxylation is 1. The summed E-state index contributed by atoms with van der Waals surface area (Å²) in [7, 11) is 1.80. The van der Waals surface area contributed by atoms with Gasteiger partial charge >= 0.3 is 0 Å². The lowest BCUT2D eigenvalue weighted by Crippen LogP contribution is -2.07. The van der Waals surface area contributed by atoms with Gasteiger partial charge in [0.2, 0.25) is 0 Å². The number of hydrogen-bond donors (Lipinski definition) is 1. The van der Waals surface area contributed by atoms with Crippen LogP contribution in [0.5, 0.6) is 5.75 Å². The van der Waals surface area contributed by atoms with Gasteiger partial charge in [-0.25, -0.2) is 4.39 Å². The second-order valence-electron chi connectivity index (χ2n) is 4.13. The molecule has 6 heteroatoms. The van der Waals surface area contributed by atoms with Crippen molar-refractivity contribution in [1.29, 1.82) is 0 Å². The molecule has 0 fully saturated rings. The van der Waals surface area contributed by atoms with Gasteiger partial charge in [0.15, 0.2) is 17.4 Å². The second-order valence-corrected chi connectivity index (χ2v) is 4.13. The van der Waals surface area contributed by atoms with E-state index in [9.17, 15) is 4.39 Å². The van der Waals surface area contributed by atoms with Crippen molar-refractivity contribution in [2.45, 2.75) is 19.6 Å². The van der Waals surface area contributed by atoms with Crippen LogP contribution in [0.15, 0.2) is 24.5 Å². The normalized spacial score (nSPS) is 12.4. The van der Waals surface area contributed by atoms with E-state index in [1.165, 1.54) is 6.07 Å². The van der Waals surface area contributed by atoms with Crippen molar-refractivity contribution in [2.75, 3.05) is 0 Å². The van der Waals surface area contributed by atoms with Crippen molar-refractivity contribution in [2.24, 2.45) is 12.8 Å². The fraction of sp³-hybridized carbons (Fsp3) is 0.333. The van der Waals surface area contributed by atoms with Crippen LogP contribution in [-0.2, 0) is 13.7 Å². The third kappa shape index (κ3) is 2.65. The molecule has 0 aliphatic rings. The largest absolute Gasteiger partial charge is 0.483 e. The fourth-order valence-corrected chi connectivity index (χ4v) is 1.50. The van der Waals surface area contributed by atoms with Gasteiger partial charge in [0.05, 0.1) is 0 Å². The summed E-state index contributed by atoms with van der Waals surface area (Å²) in [6.07, 6.45) is 1.56. The van der Waals surface area contributed by atoms with Gasteiger partial charge in [-0.3, -0.25) is 0 Å². The average molecular weight is 250 g/mol. The number of halogens is 1. The third-order valence-corrected chi connectivity index (χ3v) is 2.64. The van der Waals surface area contributed by atoms with Crippen LogP contribution in [0.25, 0.3) is 0 Å². The first kappa shape index (κ1) is 12.5. The molecule has 1 atom stereocenters. The van der Waals surface area contributed by atoms with Gasteiger partial charge in [-0.2, -0.15) is 0 Å². The molecule has 1 aromatic carbocycles. The maximum Gasteiger partial charge on any atom is 0.170 e.